The summed E-state index contributed by atoms with van der Waals surface area (Å²) >= 11 is 0. The molecule has 1 saturated carbocycles. The number of nitrogens with one attached hydrogen (secondary N) is 3. The van der Waals surface area contributed by atoms with E-state index in [2.05, 4.69) is 20.5 Å². The van der Waals surface area contributed by atoms with Crippen molar-refractivity contribution >= 4 is 28.6 Å². The number of hydrogen-bond acceptors (Lipinski definition) is 4. The number of carbonyl (C=O) groups is 1. The van der Waals surface area contributed by atoms with E-state index in [4.69, 9.17) is 11.1 Å². The largest absolute Gasteiger partial charge is 0.370 e. The number of nitrogens with two attached hydrogens (primary N) is 1. The number of amides is 1. The summed E-state index contributed by atoms with van der Waals surface area (Å²) < 4.78 is 0. The van der Waals surface area contributed by atoms with Gasteiger partial charge in [0.15, 0.2) is 11.6 Å². The minimum Gasteiger partial charge on any atom is -0.370 e. The van der Waals surface area contributed by atoms with Crippen molar-refractivity contribution in [2.24, 2.45) is 17.6 Å². The van der Waals surface area contributed by atoms with Gasteiger partial charge in [-0.25, -0.2) is 4.98 Å². The van der Waals surface area contributed by atoms with Gasteiger partial charge in [-0.2, -0.15) is 5.10 Å². The molecule has 0 aliphatic heterocycles. The van der Waals surface area contributed by atoms with Gasteiger partial charge in [-0.1, -0.05) is 0 Å². The van der Waals surface area contributed by atoms with Crippen molar-refractivity contribution in [2.45, 2.75) is 25.7 Å². The molecule has 0 bridgehead atoms. The molecule has 0 saturated heterocycles. The third-order valence-electron chi connectivity index (χ3n) is 4.77. The lowest BCUT2D eigenvalue weighted by molar-refractivity contribution is -0.121. The zero-order chi connectivity index (χ0) is 17.1. The van der Waals surface area contributed by atoms with Crippen molar-refractivity contribution in [2.75, 3.05) is 18.9 Å². The fourth-order valence-corrected chi connectivity index (χ4v) is 3.29. The number of guanidine groups is 1. The second-order valence-corrected chi connectivity index (χ2v) is 6.46. The van der Waals surface area contributed by atoms with E-state index in [1.165, 1.54) is 0 Å². The Balaban J connectivity index is 1.56. The summed E-state index contributed by atoms with van der Waals surface area (Å²) in [5.74, 6) is 0.669. The molecule has 2 heterocycles. The minimum absolute atomic E-state index is 0.0269. The van der Waals surface area contributed by atoms with E-state index in [-0.39, 0.29) is 17.8 Å². The number of rotatable bonds is 4. The van der Waals surface area contributed by atoms with Gasteiger partial charge >= 0.3 is 0 Å². The van der Waals surface area contributed by atoms with Crippen LogP contribution in [0.5, 0.6) is 0 Å². The molecular weight excluding hydrogens is 306 g/mol. The first kappa shape index (κ1) is 16.2. The molecule has 1 aliphatic rings. The number of anilines is 1. The maximum absolute atomic E-state index is 12.5. The smallest absolute Gasteiger partial charge is 0.227 e. The van der Waals surface area contributed by atoms with E-state index in [9.17, 15) is 4.79 Å². The second-order valence-electron chi connectivity index (χ2n) is 6.46. The Morgan fingerprint density at radius 3 is 2.92 bits per heavy atom. The molecule has 128 valence electrons. The summed E-state index contributed by atoms with van der Waals surface area (Å²) in [5, 5.41) is 18.0. The van der Waals surface area contributed by atoms with Crippen LogP contribution >= 0.6 is 0 Å². The third kappa shape index (κ3) is 3.47. The Labute approximate surface area is 140 Å². The molecule has 8 heteroatoms. The zero-order valence-electron chi connectivity index (χ0n) is 13.7. The van der Waals surface area contributed by atoms with Gasteiger partial charge in [0.25, 0.3) is 0 Å². The molecule has 1 fully saturated rings. The average Bonchev–Trinajstić information content (AvgIpc) is 3.05. The number of hydrogen-bond donors (Lipinski definition) is 4. The standard InChI is InChI=1S/C16H23N7O/c1-23(16(17)18)9-10-2-4-11(5-3-10)15(24)21-13-6-7-19-14-12(13)8-20-22-14/h6-8,10-11H,2-5,9H2,1H3,(H3,17,18)(H2,19,20,21,22,24)/t10-,11-. The van der Waals surface area contributed by atoms with Crippen molar-refractivity contribution < 1.29 is 4.79 Å². The molecule has 2 aromatic heterocycles. The predicted octanol–water partition coefficient (Wildman–Crippen LogP) is 1.53. The van der Waals surface area contributed by atoms with Crippen LogP contribution in [0.25, 0.3) is 11.0 Å². The predicted molar refractivity (Wildman–Crippen MR) is 92.5 cm³/mol. The fraction of sp³-hybridized carbons (Fsp3) is 0.500. The van der Waals surface area contributed by atoms with Gasteiger partial charge < -0.3 is 16.0 Å². The highest BCUT2D eigenvalue weighted by Gasteiger charge is 2.27. The maximum atomic E-state index is 12.5. The summed E-state index contributed by atoms with van der Waals surface area (Å²) in [5.41, 5.74) is 6.90. The highest BCUT2D eigenvalue weighted by Crippen LogP contribution is 2.30. The Bertz CT molecular complexity index is 733. The number of H-pyrrole nitrogens is 1. The lowest BCUT2D eigenvalue weighted by atomic mass is 9.81. The van der Waals surface area contributed by atoms with E-state index < -0.39 is 0 Å². The number of nitrogens with zero attached hydrogens (tertiary/aromatic N) is 3. The topological polar surface area (TPSA) is 124 Å². The molecule has 0 spiro atoms. The third-order valence-corrected chi connectivity index (χ3v) is 4.77. The van der Waals surface area contributed by atoms with Gasteiger partial charge in [0, 0.05) is 25.7 Å². The molecular formula is C16H23N7O. The first-order valence-electron chi connectivity index (χ1n) is 8.18. The van der Waals surface area contributed by atoms with Gasteiger partial charge in [0.1, 0.15) is 0 Å². The first-order chi connectivity index (χ1) is 11.5. The monoisotopic (exact) mass is 329 g/mol. The van der Waals surface area contributed by atoms with Gasteiger partial charge in [-0.15, -0.1) is 0 Å². The molecule has 1 aliphatic carbocycles. The number of aromatic nitrogens is 3. The molecule has 5 N–H and O–H groups in total. The van der Waals surface area contributed by atoms with Gasteiger partial charge in [-0.3, -0.25) is 15.3 Å². The summed E-state index contributed by atoms with van der Waals surface area (Å²) in [4.78, 5) is 18.5. The zero-order valence-corrected chi connectivity index (χ0v) is 13.7. The van der Waals surface area contributed by atoms with Gasteiger partial charge in [0.2, 0.25) is 5.91 Å². The molecule has 0 atom stereocenters. The van der Waals surface area contributed by atoms with Crippen molar-refractivity contribution in [1.29, 1.82) is 5.41 Å². The highest BCUT2D eigenvalue weighted by molar-refractivity contribution is 6.00. The van der Waals surface area contributed by atoms with E-state index in [1.54, 1.807) is 23.4 Å². The summed E-state index contributed by atoms with van der Waals surface area (Å²) in [6, 6.07) is 1.79. The number of aromatic amines is 1. The summed E-state index contributed by atoms with van der Waals surface area (Å²) in [7, 11) is 1.83. The fourth-order valence-electron chi connectivity index (χ4n) is 3.29. The molecule has 24 heavy (non-hydrogen) atoms. The van der Waals surface area contributed by atoms with Gasteiger partial charge in [0.05, 0.1) is 17.3 Å². The Morgan fingerprint density at radius 2 is 2.21 bits per heavy atom. The summed E-state index contributed by atoms with van der Waals surface area (Å²) in [6.07, 6.45) is 7.02. The van der Waals surface area contributed by atoms with Crippen LogP contribution in [-0.2, 0) is 4.79 Å². The quantitative estimate of drug-likeness (QED) is 0.500. The van der Waals surface area contributed by atoms with E-state index in [0.717, 1.165) is 43.3 Å². The first-order valence-corrected chi connectivity index (χ1v) is 8.18. The van der Waals surface area contributed by atoms with Crippen molar-refractivity contribution in [1.82, 2.24) is 20.1 Å². The lowest BCUT2D eigenvalue weighted by Crippen LogP contribution is -2.38. The van der Waals surface area contributed by atoms with Crippen LogP contribution < -0.4 is 11.1 Å². The lowest BCUT2D eigenvalue weighted by Gasteiger charge is -2.30. The van der Waals surface area contributed by atoms with Crippen LogP contribution in [0.1, 0.15) is 25.7 Å². The van der Waals surface area contributed by atoms with E-state index in [1.807, 2.05) is 7.05 Å². The van der Waals surface area contributed by atoms with Gasteiger partial charge in [-0.05, 0) is 37.7 Å². The van der Waals surface area contributed by atoms with Crippen LogP contribution in [0, 0.1) is 17.2 Å². The molecule has 1 amide bonds. The number of fused-ring (bicyclic) bond motifs is 1. The molecule has 0 radical (unpaired) electrons. The second kappa shape index (κ2) is 6.86. The molecule has 2 aromatic rings. The van der Waals surface area contributed by atoms with E-state index in [0.29, 0.717) is 11.6 Å². The molecule has 0 unspecified atom stereocenters. The summed E-state index contributed by atoms with van der Waals surface area (Å²) in [6.45, 7) is 0.781. The van der Waals surface area contributed by atoms with Crippen molar-refractivity contribution in [3.05, 3.63) is 18.5 Å². The minimum atomic E-state index is 0.0269. The Hall–Kier alpha value is -2.64. The number of pyridine rings is 1. The van der Waals surface area contributed by atoms with Crippen LogP contribution in [0.15, 0.2) is 18.5 Å². The molecule has 3 rings (SSSR count). The van der Waals surface area contributed by atoms with Crippen molar-refractivity contribution in [3.63, 3.8) is 0 Å². The van der Waals surface area contributed by atoms with Crippen molar-refractivity contribution in [3.8, 4) is 0 Å². The van der Waals surface area contributed by atoms with Crippen LogP contribution in [0.4, 0.5) is 5.69 Å². The number of carbonyl (C=O) groups excluding carboxylic acids is 1. The average molecular weight is 329 g/mol. The SMILES string of the molecule is CN(C[C@H]1CC[C@H](C(=O)Nc2ccnc3[nH]ncc23)CC1)C(=N)N. The van der Waals surface area contributed by atoms with E-state index >= 15 is 0 Å². The normalized spacial score (nSPS) is 20.7. The van der Waals surface area contributed by atoms with Crippen LogP contribution in [0.3, 0.4) is 0 Å². The van der Waals surface area contributed by atoms with Crippen LogP contribution in [-0.4, -0.2) is 45.5 Å². The van der Waals surface area contributed by atoms with Crippen LogP contribution in [0.2, 0.25) is 0 Å². The maximum Gasteiger partial charge on any atom is 0.227 e. The molecule has 8 nitrogen and oxygen atoms in total. The Kier molecular flexibility index (Phi) is 4.64. The molecule has 0 aromatic carbocycles. The highest BCUT2D eigenvalue weighted by atomic mass is 16.1. The Morgan fingerprint density at radius 1 is 1.46 bits per heavy atom.